The minimum Gasteiger partial charge on any atom is -0.456 e. The molecule has 11 rings (SSSR count). The molecule has 0 saturated heterocycles. The highest BCUT2D eigenvalue weighted by atomic mass is 16.3. The Kier molecular flexibility index (Phi) is 9.26. The van der Waals surface area contributed by atoms with Gasteiger partial charge in [0.2, 0.25) is 0 Å². The van der Waals surface area contributed by atoms with Gasteiger partial charge in [0.1, 0.15) is 11.2 Å². The van der Waals surface area contributed by atoms with E-state index in [0.29, 0.717) is 0 Å². The second kappa shape index (κ2) is 15.6. The first-order chi connectivity index (χ1) is 30.2. The molecule has 0 aliphatic heterocycles. The molecule has 0 radical (unpaired) electrons. The van der Waals surface area contributed by atoms with Crippen LogP contribution in [0.15, 0.2) is 247 Å². The molecule has 1 nitrogen and oxygen atoms in total. The van der Waals surface area contributed by atoms with Gasteiger partial charge >= 0.3 is 0 Å². The summed E-state index contributed by atoms with van der Waals surface area (Å²) in [7, 11) is 0. The van der Waals surface area contributed by atoms with Crippen LogP contribution < -0.4 is 0 Å². The average molecular weight is 777 g/mol. The minimum absolute atomic E-state index is 0.877. The lowest BCUT2D eigenvalue weighted by Gasteiger charge is -2.15. The van der Waals surface area contributed by atoms with E-state index in [0.717, 1.165) is 33.1 Å². The van der Waals surface area contributed by atoms with Crippen molar-refractivity contribution in [2.75, 3.05) is 0 Å². The van der Waals surface area contributed by atoms with Gasteiger partial charge in [-0.2, -0.15) is 0 Å². The Balaban J connectivity index is 1.03. The topological polar surface area (TPSA) is 13.1 Å². The van der Waals surface area contributed by atoms with Crippen LogP contribution in [-0.2, 0) is 0 Å². The Labute approximate surface area is 356 Å². The molecule has 0 atom stereocenters. The third kappa shape index (κ3) is 7.03. The third-order valence-electron chi connectivity index (χ3n) is 11.9. The molecule has 1 heterocycles. The van der Waals surface area contributed by atoms with E-state index in [4.69, 9.17) is 4.42 Å². The molecule has 0 aliphatic carbocycles. The molecule has 1 heteroatoms. The van der Waals surface area contributed by atoms with Crippen molar-refractivity contribution in [3.05, 3.63) is 243 Å². The normalized spacial score (nSPS) is 11.3. The summed E-state index contributed by atoms with van der Waals surface area (Å²) in [6.45, 7) is 0. The van der Waals surface area contributed by atoms with Gasteiger partial charge in [-0.1, -0.05) is 182 Å². The quantitative estimate of drug-likeness (QED) is 0.150. The Bertz CT molecular complexity index is 2990. The highest BCUT2D eigenvalue weighted by Gasteiger charge is 2.17. The third-order valence-corrected chi connectivity index (χ3v) is 11.9. The second-order valence-corrected chi connectivity index (χ2v) is 15.7. The smallest absolute Gasteiger partial charge is 0.135 e. The molecule has 0 N–H and O–H groups in total. The van der Waals surface area contributed by atoms with Crippen LogP contribution in [0.5, 0.6) is 0 Å². The van der Waals surface area contributed by atoms with Crippen molar-refractivity contribution in [1.29, 1.82) is 0 Å². The molecule has 0 aliphatic rings. The van der Waals surface area contributed by atoms with Crippen molar-refractivity contribution in [2.45, 2.75) is 0 Å². The Hall–Kier alpha value is -8.00. The fourth-order valence-electron chi connectivity index (χ4n) is 8.84. The molecule has 286 valence electrons. The summed E-state index contributed by atoms with van der Waals surface area (Å²) in [6, 6.07) is 87.4. The van der Waals surface area contributed by atoms with Crippen molar-refractivity contribution < 1.29 is 4.42 Å². The maximum Gasteiger partial charge on any atom is 0.135 e. The molecule has 61 heavy (non-hydrogen) atoms. The van der Waals surface area contributed by atoms with Crippen molar-refractivity contribution in [2.24, 2.45) is 0 Å². The number of benzene rings is 10. The molecule has 10 aromatic carbocycles. The molecule has 11 aromatic rings. The molecule has 0 fully saturated rings. The lowest BCUT2D eigenvalue weighted by atomic mass is 9.89. The van der Waals surface area contributed by atoms with E-state index < -0.39 is 0 Å². The van der Waals surface area contributed by atoms with Gasteiger partial charge in [0.05, 0.1) is 0 Å². The summed E-state index contributed by atoms with van der Waals surface area (Å²) < 4.78 is 6.52. The maximum absolute atomic E-state index is 6.52. The molecule has 1 aromatic heterocycles. The van der Waals surface area contributed by atoms with E-state index >= 15 is 0 Å². The summed E-state index contributed by atoms with van der Waals surface area (Å²) in [6.07, 6.45) is 0. The first kappa shape index (κ1) is 36.1. The van der Waals surface area contributed by atoms with Crippen LogP contribution in [0.3, 0.4) is 0 Å². The van der Waals surface area contributed by atoms with Gasteiger partial charge in [-0.3, -0.25) is 0 Å². The van der Waals surface area contributed by atoms with Crippen LogP contribution in [0.25, 0.3) is 111 Å². The summed E-state index contributed by atoms with van der Waals surface area (Å²) in [5.41, 5.74) is 20.7. The van der Waals surface area contributed by atoms with Crippen molar-refractivity contribution >= 4 is 21.9 Å². The molecular weight excluding hydrogens is 737 g/mol. The number of hydrogen-bond acceptors (Lipinski definition) is 1. The van der Waals surface area contributed by atoms with Gasteiger partial charge in [0.25, 0.3) is 0 Å². The predicted molar refractivity (Wildman–Crippen MR) is 257 cm³/mol. The van der Waals surface area contributed by atoms with Crippen molar-refractivity contribution in [3.8, 4) is 89.0 Å². The number of furan rings is 1. The summed E-state index contributed by atoms with van der Waals surface area (Å²) in [4.78, 5) is 0. The predicted octanol–water partition coefficient (Wildman–Crippen LogP) is 16.9. The lowest BCUT2D eigenvalue weighted by Crippen LogP contribution is -1.89. The summed E-state index contributed by atoms with van der Waals surface area (Å²) in [5.74, 6) is 0. The van der Waals surface area contributed by atoms with E-state index in [9.17, 15) is 0 Å². The Morgan fingerprint density at radius 3 is 0.754 bits per heavy atom. The van der Waals surface area contributed by atoms with Gasteiger partial charge in [-0.05, 0) is 150 Å². The van der Waals surface area contributed by atoms with Crippen LogP contribution >= 0.6 is 0 Å². The number of fused-ring (bicyclic) bond motifs is 3. The van der Waals surface area contributed by atoms with Crippen LogP contribution in [-0.4, -0.2) is 0 Å². The molecule has 0 bridgehead atoms. The molecule has 0 saturated carbocycles. The molecule has 0 amide bonds. The highest BCUT2D eigenvalue weighted by Crippen LogP contribution is 2.42. The molecule has 0 unspecified atom stereocenters. The average Bonchev–Trinajstić information content (AvgIpc) is 3.72. The van der Waals surface area contributed by atoms with Gasteiger partial charge in [-0.15, -0.1) is 0 Å². The molecular formula is C60H40O. The first-order valence-electron chi connectivity index (χ1n) is 20.9. The minimum atomic E-state index is 0.877. The Morgan fingerprint density at radius 2 is 0.443 bits per heavy atom. The SMILES string of the molecule is c1ccc(-c2cc(-c3ccccc3)cc(-c3ccccc3-c3ccc4oc5ccc(-c6ccccc6-c6cc(-c7ccccc7)cc(-c7ccccc7)c6)cc5c4c3)c2)cc1. The van der Waals surface area contributed by atoms with Gasteiger partial charge in [0.15, 0.2) is 0 Å². The van der Waals surface area contributed by atoms with E-state index in [1.807, 2.05) is 0 Å². The maximum atomic E-state index is 6.52. The number of hydrogen-bond donors (Lipinski definition) is 0. The van der Waals surface area contributed by atoms with Gasteiger partial charge < -0.3 is 4.42 Å². The van der Waals surface area contributed by atoms with E-state index in [2.05, 4.69) is 243 Å². The van der Waals surface area contributed by atoms with Crippen LogP contribution in [0.2, 0.25) is 0 Å². The standard InChI is InChI=1S/C60H40O/c1-5-17-41(18-6-1)47-33-48(42-19-7-2-8-20-42)36-51(35-47)55-27-15-13-25-53(55)45-29-31-59-57(39-45)58-40-46(30-32-60(58)61-59)54-26-14-16-28-56(54)52-37-49(43-21-9-3-10-22-43)34-50(38-52)44-23-11-4-12-24-44/h1-40H. The van der Waals surface area contributed by atoms with Crippen LogP contribution in [0.4, 0.5) is 0 Å². The Morgan fingerprint density at radius 1 is 0.180 bits per heavy atom. The summed E-state index contributed by atoms with van der Waals surface area (Å²) in [5, 5.41) is 2.20. The van der Waals surface area contributed by atoms with Crippen LogP contribution in [0.1, 0.15) is 0 Å². The zero-order valence-corrected chi connectivity index (χ0v) is 33.5. The van der Waals surface area contributed by atoms with E-state index in [1.165, 1.54) is 77.9 Å². The summed E-state index contributed by atoms with van der Waals surface area (Å²) >= 11 is 0. The first-order valence-corrected chi connectivity index (χ1v) is 20.9. The fraction of sp³-hybridized carbons (Fsp3) is 0. The van der Waals surface area contributed by atoms with Crippen molar-refractivity contribution in [3.63, 3.8) is 0 Å². The zero-order valence-electron chi connectivity index (χ0n) is 33.5. The second-order valence-electron chi connectivity index (χ2n) is 15.7. The van der Waals surface area contributed by atoms with Crippen molar-refractivity contribution in [1.82, 2.24) is 0 Å². The fourth-order valence-corrected chi connectivity index (χ4v) is 8.84. The zero-order chi connectivity index (χ0) is 40.5. The monoisotopic (exact) mass is 776 g/mol. The highest BCUT2D eigenvalue weighted by molar-refractivity contribution is 6.08. The van der Waals surface area contributed by atoms with Crippen LogP contribution in [0, 0.1) is 0 Å². The molecule has 0 spiro atoms. The number of rotatable bonds is 8. The van der Waals surface area contributed by atoms with E-state index in [-0.39, 0.29) is 0 Å². The van der Waals surface area contributed by atoms with Gasteiger partial charge in [0, 0.05) is 10.8 Å². The largest absolute Gasteiger partial charge is 0.456 e. The van der Waals surface area contributed by atoms with E-state index in [1.54, 1.807) is 0 Å². The lowest BCUT2D eigenvalue weighted by molar-refractivity contribution is 0.669. The van der Waals surface area contributed by atoms with Gasteiger partial charge in [-0.25, -0.2) is 0 Å².